The number of rotatable bonds is 3. The first-order valence-corrected chi connectivity index (χ1v) is 9.02. The van der Waals surface area contributed by atoms with E-state index in [0.29, 0.717) is 5.75 Å². The Kier molecular flexibility index (Phi) is 4.09. The minimum absolute atomic E-state index is 0.691. The molecule has 1 aliphatic heterocycles. The van der Waals surface area contributed by atoms with Gasteiger partial charge in [-0.25, -0.2) is 0 Å². The van der Waals surface area contributed by atoms with Crippen molar-refractivity contribution in [1.82, 2.24) is 0 Å². The van der Waals surface area contributed by atoms with E-state index in [4.69, 9.17) is 8.47 Å². The van der Waals surface area contributed by atoms with Crippen LogP contribution in [-0.2, 0) is 3.74 Å². The zero-order valence-corrected chi connectivity index (χ0v) is 13.0. The normalized spacial score (nSPS) is 21.4. The highest BCUT2D eigenvalue weighted by Crippen LogP contribution is 2.47. The Morgan fingerprint density at radius 1 is 1.14 bits per heavy atom. The van der Waals surface area contributed by atoms with Crippen molar-refractivity contribution in [3.05, 3.63) is 34.2 Å². The lowest BCUT2D eigenvalue weighted by Gasteiger charge is -2.26. The van der Waals surface area contributed by atoms with Crippen LogP contribution in [0.3, 0.4) is 0 Å². The van der Waals surface area contributed by atoms with Gasteiger partial charge < -0.3 is 4.74 Å². The van der Waals surface area contributed by atoms with Gasteiger partial charge in [0.15, 0.2) is 0 Å². The molecule has 0 saturated carbocycles. The van der Waals surface area contributed by atoms with Gasteiger partial charge in [-0.15, -0.1) is 0 Å². The molecule has 0 spiro atoms. The Hall–Kier alpha value is -0.890. The van der Waals surface area contributed by atoms with Crippen molar-refractivity contribution in [1.29, 1.82) is 0 Å². The van der Waals surface area contributed by atoms with Crippen molar-refractivity contribution >= 4 is 21.7 Å². The second kappa shape index (κ2) is 5.72. The van der Waals surface area contributed by atoms with Crippen LogP contribution in [0.5, 0.6) is 5.75 Å². The molecule has 1 aromatic rings. The SMILES string of the molecule is COc1ccc2c(c1)C=S(O[Cl+3]([O-])([O-])[O-])C1=C2CCCC1. The second-order valence-corrected chi connectivity index (χ2v) is 7.50. The topological polar surface area (TPSA) is 87.6 Å². The molecular formula is C14H15ClO5S. The van der Waals surface area contributed by atoms with Crippen LogP contribution in [0.15, 0.2) is 23.1 Å². The largest absolute Gasteiger partial charge is 0.497 e. The fourth-order valence-corrected chi connectivity index (χ4v) is 5.23. The molecule has 3 rings (SSSR count). The van der Waals surface area contributed by atoms with E-state index in [2.05, 4.69) is 0 Å². The van der Waals surface area contributed by atoms with Gasteiger partial charge in [-0.2, -0.15) is 14.0 Å². The van der Waals surface area contributed by atoms with Crippen LogP contribution in [-0.4, -0.2) is 12.5 Å². The molecule has 114 valence electrons. The van der Waals surface area contributed by atoms with Gasteiger partial charge in [-0.05, 0) is 54.5 Å². The molecule has 0 radical (unpaired) electrons. The molecule has 1 aromatic carbocycles. The van der Waals surface area contributed by atoms with E-state index in [9.17, 15) is 14.0 Å². The molecule has 1 heterocycles. The standard InChI is InChI=1S/C14H15ClO5S/c1-19-11-6-7-12-10(8-11)9-21(20-15(16,17)18)14-5-3-2-4-13(12)14/h6-9H,2-5H2,1H3. The molecule has 21 heavy (non-hydrogen) atoms. The Labute approximate surface area is 127 Å². The lowest BCUT2D eigenvalue weighted by molar-refractivity contribution is -1.91. The lowest BCUT2D eigenvalue weighted by Crippen LogP contribution is -2.60. The smallest absolute Gasteiger partial charge is 0.140 e. The van der Waals surface area contributed by atoms with Gasteiger partial charge >= 0.3 is 0 Å². The Bertz CT molecular complexity index is 633. The molecular weight excluding hydrogens is 316 g/mol. The summed E-state index contributed by atoms with van der Waals surface area (Å²) in [5.74, 6) is 0.691. The van der Waals surface area contributed by atoms with E-state index in [0.717, 1.165) is 47.3 Å². The summed E-state index contributed by atoms with van der Waals surface area (Å²) in [6, 6.07) is 5.71. The van der Waals surface area contributed by atoms with Gasteiger partial charge in [-0.3, -0.25) is 0 Å². The molecule has 0 saturated heterocycles. The zero-order valence-electron chi connectivity index (χ0n) is 11.5. The summed E-state index contributed by atoms with van der Waals surface area (Å²) in [7, 11) is -3.98. The number of hydrogen-bond donors (Lipinski definition) is 0. The summed E-state index contributed by atoms with van der Waals surface area (Å²) in [4.78, 5) is 0.936. The Balaban J connectivity index is 2.10. The number of hydrogen-bond acceptors (Lipinski definition) is 5. The van der Waals surface area contributed by atoms with Crippen LogP contribution in [0.4, 0.5) is 0 Å². The average molecular weight is 331 g/mol. The highest BCUT2D eigenvalue weighted by molar-refractivity contribution is 8.14. The van der Waals surface area contributed by atoms with Gasteiger partial charge in [0.05, 0.1) is 17.4 Å². The predicted octanol–water partition coefficient (Wildman–Crippen LogP) is 0.242. The van der Waals surface area contributed by atoms with E-state index in [-0.39, 0.29) is 0 Å². The fraction of sp³-hybridized carbons (Fsp3) is 0.357. The van der Waals surface area contributed by atoms with E-state index in [1.165, 1.54) is 0 Å². The Morgan fingerprint density at radius 3 is 2.62 bits per heavy atom. The van der Waals surface area contributed by atoms with Crippen molar-refractivity contribution in [2.75, 3.05) is 7.11 Å². The summed E-state index contributed by atoms with van der Waals surface area (Å²) in [6.45, 7) is 0. The molecule has 0 N–H and O–H groups in total. The van der Waals surface area contributed by atoms with Crippen LogP contribution < -0.4 is 18.7 Å². The number of methoxy groups -OCH3 is 1. The maximum atomic E-state index is 10.9. The fourth-order valence-electron chi connectivity index (χ4n) is 2.75. The molecule has 1 unspecified atom stereocenters. The molecule has 0 fully saturated rings. The van der Waals surface area contributed by atoms with Gasteiger partial charge in [0.2, 0.25) is 0 Å². The first-order chi connectivity index (χ1) is 9.98. The first-order valence-electron chi connectivity index (χ1n) is 6.57. The number of fused-ring (bicyclic) bond motifs is 2. The van der Waals surface area contributed by atoms with Crippen LogP contribution >= 0.6 is 10.8 Å². The molecule has 0 amide bonds. The number of ether oxygens (including phenoxy) is 1. The molecule has 1 aliphatic carbocycles. The molecule has 0 aromatic heterocycles. The van der Waals surface area contributed by atoms with E-state index >= 15 is 0 Å². The maximum absolute atomic E-state index is 10.9. The summed E-state index contributed by atoms with van der Waals surface area (Å²) in [5, 5.41) is 1.71. The third-order valence-corrected chi connectivity index (χ3v) is 6.19. The second-order valence-electron chi connectivity index (χ2n) is 4.92. The van der Waals surface area contributed by atoms with E-state index in [1.807, 2.05) is 18.2 Å². The van der Waals surface area contributed by atoms with Crippen LogP contribution in [0.1, 0.15) is 36.8 Å². The number of benzene rings is 1. The van der Waals surface area contributed by atoms with Gasteiger partial charge in [0.1, 0.15) is 20.3 Å². The van der Waals surface area contributed by atoms with Crippen LogP contribution in [0, 0.1) is 10.2 Å². The molecule has 7 heteroatoms. The highest BCUT2D eigenvalue weighted by atomic mass is 35.7. The third-order valence-electron chi connectivity index (χ3n) is 3.62. The van der Waals surface area contributed by atoms with Crippen molar-refractivity contribution in [2.45, 2.75) is 25.7 Å². The zero-order chi connectivity index (χ0) is 15.0. The molecule has 5 nitrogen and oxygen atoms in total. The van der Waals surface area contributed by atoms with Crippen molar-refractivity contribution in [3.63, 3.8) is 0 Å². The van der Waals surface area contributed by atoms with Gasteiger partial charge in [0.25, 0.3) is 0 Å². The summed E-state index contributed by atoms with van der Waals surface area (Å²) < 4.78 is 42.8. The lowest BCUT2D eigenvalue weighted by atomic mass is 9.90. The summed E-state index contributed by atoms with van der Waals surface area (Å²) >= 11 is 0. The van der Waals surface area contributed by atoms with E-state index in [1.54, 1.807) is 12.5 Å². The van der Waals surface area contributed by atoms with Crippen LogP contribution in [0.2, 0.25) is 0 Å². The summed E-state index contributed by atoms with van der Waals surface area (Å²) in [6.07, 6.45) is 3.70. The first kappa shape index (κ1) is 15.0. The van der Waals surface area contributed by atoms with Crippen molar-refractivity contribution in [2.24, 2.45) is 0 Å². The van der Waals surface area contributed by atoms with Gasteiger partial charge in [0, 0.05) is 10.3 Å². The quantitative estimate of drug-likeness (QED) is 0.741. The minimum Gasteiger partial charge on any atom is -0.497 e. The Morgan fingerprint density at radius 2 is 1.90 bits per heavy atom. The van der Waals surface area contributed by atoms with Crippen molar-refractivity contribution < 1.29 is 32.7 Å². The van der Waals surface area contributed by atoms with E-state index < -0.39 is 21.0 Å². The average Bonchev–Trinajstić information content (AvgIpc) is 2.45. The molecule has 1 atom stereocenters. The third kappa shape index (κ3) is 3.15. The van der Waals surface area contributed by atoms with Crippen LogP contribution in [0.25, 0.3) is 5.57 Å². The van der Waals surface area contributed by atoms with Crippen molar-refractivity contribution in [3.8, 4) is 5.75 Å². The highest BCUT2D eigenvalue weighted by Gasteiger charge is 2.32. The summed E-state index contributed by atoms with van der Waals surface area (Å²) in [5.41, 5.74) is 3.05. The van der Waals surface area contributed by atoms with Gasteiger partial charge in [-0.1, -0.05) is 6.07 Å². The number of halogens is 1. The molecule has 2 aliphatic rings. The maximum Gasteiger partial charge on any atom is 0.140 e. The molecule has 0 bridgehead atoms. The predicted molar refractivity (Wildman–Crippen MR) is 72.2 cm³/mol. The minimum atomic E-state index is -4.44. The monoisotopic (exact) mass is 330 g/mol. The number of allylic oxidation sites excluding steroid dienone is 2.